The number of fused-ring (bicyclic) bond motifs is 3. The number of anilines is 1. The lowest BCUT2D eigenvalue weighted by Gasteiger charge is -2.26. The molecule has 98 valence electrons. The second kappa shape index (κ2) is 4.44. The van der Waals surface area contributed by atoms with Crippen molar-refractivity contribution in [3.8, 4) is 0 Å². The number of hydrogen-bond donors (Lipinski definition) is 0. The molecule has 3 heterocycles. The van der Waals surface area contributed by atoms with Crippen molar-refractivity contribution in [1.29, 1.82) is 0 Å². The Morgan fingerprint density at radius 2 is 2.05 bits per heavy atom. The van der Waals surface area contributed by atoms with Crippen molar-refractivity contribution < 1.29 is 0 Å². The van der Waals surface area contributed by atoms with Gasteiger partial charge in [0.05, 0.1) is 11.7 Å². The van der Waals surface area contributed by atoms with Gasteiger partial charge in [-0.1, -0.05) is 6.42 Å². The number of hydrogen-bond acceptors (Lipinski definition) is 4. The Labute approximate surface area is 112 Å². The van der Waals surface area contributed by atoms with Crippen LogP contribution in [0.25, 0.3) is 10.9 Å². The summed E-state index contributed by atoms with van der Waals surface area (Å²) >= 11 is 0. The van der Waals surface area contributed by atoms with Crippen LogP contribution in [-0.4, -0.2) is 28.0 Å². The molecule has 2 aromatic rings. The molecule has 0 N–H and O–H groups in total. The Kier molecular flexibility index (Phi) is 2.60. The smallest absolute Gasteiger partial charge is 0.140 e. The first kappa shape index (κ1) is 11.1. The Hall–Kier alpha value is -1.71. The topological polar surface area (TPSA) is 41.9 Å². The quantitative estimate of drug-likeness (QED) is 0.784. The maximum absolute atomic E-state index is 4.54. The lowest BCUT2D eigenvalue weighted by Crippen LogP contribution is -2.29. The van der Waals surface area contributed by atoms with Crippen LogP contribution < -0.4 is 4.90 Å². The third kappa shape index (κ3) is 1.95. The van der Waals surface area contributed by atoms with Crippen molar-refractivity contribution in [2.75, 3.05) is 18.0 Å². The van der Waals surface area contributed by atoms with Gasteiger partial charge in [-0.05, 0) is 37.2 Å². The maximum Gasteiger partial charge on any atom is 0.140 e. The van der Waals surface area contributed by atoms with Crippen molar-refractivity contribution in [2.24, 2.45) is 11.8 Å². The molecule has 1 saturated carbocycles. The van der Waals surface area contributed by atoms with E-state index in [0.29, 0.717) is 0 Å². The van der Waals surface area contributed by atoms with Crippen LogP contribution in [0.1, 0.15) is 25.7 Å². The van der Waals surface area contributed by atoms with E-state index in [2.05, 4.69) is 19.9 Å². The number of aromatic nitrogens is 3. The first-order valence-electron chi connectivity index (χ1n) is 7.20. The van der Waals surface area contributed by atoms with E-state index in [1.54, 1.807) is 6.33 Å². The van der Waals surface area contributed by atoms with E-state index in [-0.39, 0.29) is 0 Å². The van der Waals surface area contributed by atoms with Crippen LogP contribution >= 0.6 is 0 Å². The minimum atomic E-state index is 0.861. The van der Waals surface area contributed by atoms with Crippen molar-refractivity contribution in [3.05, 3.63) is 24.8 Å². The summed E-state index contributed by atoms with van der Waals surface area (Å²) in [6.07, 6.45) is 10.9. The first-order chi connectivity index (χ1) is 9.40. The van der Waals surface area contributed by atoms with Gasteiger partial charge in [0, 0.05) is 24.7 Å². The minimum Gasteiger partial charge on any atom is -0.356 e. The molecule has 2 unspecified atom stereocenters. The number of rotatable bonds is 1. The summed E-state index contributed by atoms with van der Waals surface area (Å²) in [5.74, 6) is 2.91. The Balaban J connectivity index is 1.73. The van der Waals surface area contributed by atoms with Gasteiger partial charge in [0.1, 0.15) is 12.1 Å². The molecule has 1 saturated heterocycles. The van der Waals surface area contributed by atoms with Gasteiger partial charge in [-0.25, -0.2) is 9.97 Å². The second-order valence-electron chi connectivity index (χ2n) is 5.87. The molecule has 4 rings (SSSR count). The van der Waals surface area contributed by atoms with Gasteiger partial charge < -0.3 is 4.90 Å². The minimum absolute atomic E-state index is 0.861. The fraction of sp³-hybridized carbons (Fsp3) is 0.533. The lowest BCUT2D eigenvalue weighted by molar-refractivity contribution is 0.514. The predicted molar refractivity (Wildman–Crippen MR) is 75.0 cm³/mol. The largest absolute Gasteiger partial charge is 0.356 e. The zero-order valence-corrected chi connectivity index (χ0v) is 11.0. The Morgan fingerprint density at radius 1 is 1.11 bits per heavy atom. The normalized spacial score (nSPS) is 26.6. The van der Waals surface area contributed by atoms with Gasteiger partial charge in [0.15, 0.2) is 0 Å². The molecule has 4 nitrogen and oxygen atoms in total. The summed E-state index contributed by atoms with van der Waals surface area (Å²) in [6.45, 7) is 2.29. The molecule has 19 heavy (non-hydrogen) atoms. The molecule has 0 amide bonds. The predicted octanol–water partition coefficient (Wildman–Crippen LogP) is 2.65. The molecule has 2 aromatic heterocycles. The molecule has 4 heteroatoms. The van der Waals surface area contributed by atoms with Crippen LogP contribution in [0.2, 0.25) is 0 Å². The molecule has 1 aliphatic heterocycles. The molecule has 2 fully saturated rings. The molecule has 2 atom stereocenters. The Bertz CT molecular complexity index is 592. The van der Waals surface area contributed by atoms with E-state index in [4.69, 9.17) is 0 Å². The van der Waals surface area contributed by atoms with Crippen LogP contribution in [0.3, 0.4) is 0 Å². The highest BCUT2D eigenvalue weighted by molar-refractivity contribution is 5.88. The third-order valence-electron chi connectivity index (χ3n) is 4.65. The summed E-state index contributed by atoms with van der Waals surface area (Å²) in [5.41, 5.74) is 0.946. The highest BCUT2D eigenvalue weighted by atomic mass is 15.2. The van der Waals surface area contributed by atoms with Crippen molar-refractivity contribution >= 4 is 16.7 Å². The van der Waals surface area contributed by atoms with Crippen LogP contribution in [0.4, 0.5) is 5.82 Å². The molecule has 0 aromatic carbocycles. The van der Waals surface area contributed by atoms with E-state index in [1.165, 1.54) is 25.7 Å². The van der Waals surface area contributed by atoms with Gasteiger partial charge in [0.25, 0.3) is 0 Å². The second-order valence-corrected chi connectivity index (χ2v) is 5.87. The van der Waals surface area contributed by atoms with Crippen LogP contribution in [0.5, 0.6) is 0 Å². The van der Waals surface area contributed by atoms with E-state index in [0.717, 1.165) is 41.6 Å². The summed E-state index contributed by atoms with van der Waals surface area (Å²) in [4.78, 5) is 15.5. The molecule has 0 radical (unpaired) electrons. The summed E-state index contributed by atoms with van der Waals surface area (Å²) in [7, 11) is 0. The van der Waals surface area contributed by atoms with Gasteiger partial charge in [0.2, 0.25) is 0 Å². The SMILES string of the molecule is c1cc2c(N3CCC4CCC(C4)C3)ncnc2cn1. The average molecular weight is 254 g/mol. The van der Waals surface area contributed by atoms with Crippen molar-refractivity contribution in [2.45, 2.75) is 25.7 Å². The summed E-state index contributed by atoms with van der Waals surface area (Å²) in [5, 5.41) is 1.13. The van der Waals surface area contributed by atoms with E-state index >= 15 is 0 Å². The van der Waals surface area contributed by atoms with Crippen LogP contribution in [-0.2, 0) is 0 Å². The monoisotopic (exact) mass is 254 g/mol. The van der Waals surface area contributed by atoms with Crippen molar-refractivity contribution in [1.82, 2.24) is 15.0 Å². The fourth-order valence-electron chi connectivity index (χ4n) is 3.69. The average Bonchev–Trinajstić information content (AvgIpc) is 2.78. The standard InChI is InChI=1S/C15H18N4/c1-2-12-7-11(1)4-6-19(9-12)15-13-3-5-16-8-14(13)17-10-18-15/h3,5,8,10-12H,1-2,4,6-7,9H2. The van der Waals surface area contributed by atoms with Crippen molar-refractivity contribution in [3.63, 3.8) is 0 Å². The number of nitrogens with zero attached hydrogens (tertiary/aromatic N) is 4. The highest BCUT2D eigenvalue weighted by Gasteiger charge is 2.30. The van der Waals surface area contributed by atoms with Gasteiger partial charge >= 0.3 is 0 Å². The molecular weight excluding hydrogens is 236 g/mol. The fourth-order valence-corrected chi connectivity index (χ4v) is 3.69. The van der Waals surface area contributed by atoms with Crippen LogP contribution in [0, 0.1) is 11.8 Å². The zero-order chi connectivity index (χ0) is 12.7. The lowest BCUT2D eigenvalue weighted by atomic mass is 10.0. The molecule has 0 spiro atoms. The number of pyridine rings is 1. The van der Waals surface area contributed by atoms with Gasteiger partial charge in [-0.2, -0.15) is 0 Å². The molecule has 2 bridgehead atoms. The maximum atomic E-state index is 4.54. The van der Waals surface area contributed by atoms with Gasteiger partial charge in [-0.15, -0.1) is 0 Å². The summed E-state index contributed by atoms with van der Waals surface area (Å²) < 4.78 is 0. The highest BCUT2D eigenvalue weighted by Crippen LogP contribution is 2.38. The van der Waals surface area contributed by atoms with Crippen LogP contribution in [0.15, 0.2) is 24.8 Å². The molecular formula is C15H18N4. The first-order valence-corrected chi connectivity index (χ1v) is 7.20. The Morgan fingerprint density at radius 3 is 3.05 bits per heavy atom. The third-order valence-corrected chi connectivity index (χ3v) is 4.65. The molecule has 2 aliphatic rings. The van der Waals surface area contributed by atoms with E-state index in [9.17, 15) is 0 Å². The van der Waals surface area contributed by atoms with E-state index in [1.807, 2.05) is 18.5 Å². The summed E-state index contributed by atoms with van der Waals surface area (Å²) in [6, 6.07) is 2.04. The van der Waals surface area contributed by atoms with E-state index < -0.39 is 0 Å². The zero-order valence-electron chi connectivity index (χ0n) is 11.0. The van der Waals surface area contributed by atoms with Gasteiger partial charge in [-0.3, -0.25) is 4.98 Å². The molecule has 1 aliphatic carbocycles.